The molecule has 1 aliphatic rings. The minimum atomic E-state index is -0.0823. The molecule has 1 atom stereocenters. The highest BCUT2D eigenvalue weighted by atomic mass is 32.2. The first-order valence-electron chi connectivity index (χ1n) is 6.90. The highest BCUT2D eigenvalue weighted by Gasteiger charge is 2.21. The zero-order valence-electron chi connectivity index (χ0n) is 11.6. The lowest BCUT2D eigenvalue weighted by atomic mass is 10.2. The van der Waals surface area contributed by atoms with Crippen LogP contribution in [0.15, 0.2) is 23.1 Å². The first-order valence-corrected chi connectivity index (χ1v) is 7.78. The molecule has 1 unspecified atom stereocenters. The van der Waals surface area contributed by atoms with Gasteiger partial charge in [0.15, 0.2) is 0 Å². The number of carbonyl (C=O) groups excluding carboxylic acids is 1. The highest BCUT2D eigenvalue weighted by Crippen LogP contribution is 2.30. The van der Waals surface area contributed by atoms with E-state index < -0.39 is 0 Å². The minimum Gasteiger partial charge on any atom is -0.398 e. The van der Waals surface area contributed by atoms with E-state index in [1.165, 1.54) is 12.8 Å². The molecular weight excluding hydrogens is 256 g/mol. The van der Waals surface area contributed by atoms with Crippen molar-refractivity contribution in [3.05, 3.63) is 23.8 Å². The number of hydrogen-bond acceptors (Lipinski definition) is 3. The Morgan fingerprint density at radius 1 is 1.42 bits per heavy atom. The first kappa shape index (κ1) is 14.3. The number of nitrogens with one attached hydrogen (secondary N) is 1. The number of hydrogen-bond donors (Lipinski definition) is 2. The van der Waals surface area contributed by atoms with E-state index in [0.717, 1.165) is 29.0 Å². The lowest BCUT2D eigenvalue weighted by Gasteiger charge is -2.17. The second kappa shape index (κ2) is 6.33. The van der Waals surface area contributed by atoms with Crippen LogP contribution in [0.3, 0.4) is 0 Å². The molecule has 3 nitrogen and oxygen atoms in total. The fraction of sp³-hybridized carbons (Fsp3) is 0.533. The summed E-state index contributed by atoms with van der Waals surface area (Å²) >= 11 is 1.58. The Kier molecular flexibility index (Phi) is 4.75. The van der Waals surface area contributed by atoms with E-state index in [1.807, 2.05) is 32.0 Å². The number of anilines is 1. The Balaban J connectivity index is 1.94. The molecule has 1 aromatic carbocycles. The van der Waals surface area contributed by atoms with Crippen molar-refractivity contribution < 1.29 is 4.79 Å². The van der Waals surface area contributed by atoms with Gasteiger partial charge in [-0.1, -0.05) is 18.9 Å². The van der Waals surface area contributed by atoms with Gasteiger partial charge in [0.05, 0.1) is 5.25 Å². The van der Waals surface area contributed by atoms with Crippen LogP contribution in [-0.4, -0.2) is 17.2 Å². The zero-order valence-corrected chi connectivity index (χ0v) is 12.4. The monoisotopic (exact) mass is 278 g/mol. The molecule has 1 amide bonds. The standard InChI is InChI=1S/C15H22N2OS/c1-10-13(16)8-5-9-14(10)19-11(2)15(18)17-12-6-3-4-7-12/h5,8-9,11-12H,3-4,6-7,16H2,1-2H3,(H,17,18). The quantitative estimate of drug-likeness (QED) is 0.657. The summed E-state index contributed by atoms with van der Waals surface area (Å²) in [5.41, 5.74) is 7.74. The van der Waals surface area contributed by atoms with Gasteiger partial charge in [0.25, 0.3) is 0 Å². The van der Waals surface area contributed by atoms with Crippen LogP contribution in [0, 0.1) is 6.92 Å². The molecule has 4 heteroatoms. The van der Waals surface area contributed by atoms with Crippen molar-refractivity contribution in [3.8, 4) is 0 Å². The summed E-state index contributed by atoms with van der Waals surface area (Å²) in [6.07, 6.45) is 4.72. The predicted octanol–water partition coefficient (Wildman–Crippen LogP) is 3.12. The summed E-state index contributed by atoms with van der Waals surface area (Å²) < 4.78 is 0. The van der Waals surface area contributed by atoms with E-state index >= 15 is 0 Å². The molecule has 3 N–H and O–H groups in total. The van der Waals surface area contributed by atoms with Crippen LogP contribution in [0.1, 0.15) is 38.2 Å². The summed E-state index contributed by atoms with van der Waals surface area (Å²) in [7, 11) is 0. The SMILES string of the molecule is Cc1c(N)cccc1SC(C)C(=O)NC1CCCC1. The zero-order chi connectivity index (χ0) is 13.8. The molecule has 2 rings (SSSR count). The van der Waals surface area contributed by atoms with Gasteiger partial charge in [0.1, 0.15) is 0 Å². The average molecular weight is 278 g/mol. The number of amides is 1. The molecule has 0 aliphatic heterocycles. The number of benzene rings is 1. The van der Waals surface area contributed by atoms with Gasteiger partial charge in [-0.25, -0.2) is 0 Å². The molecule has 1 aromatic rings. The molecule has 0 aromatic heterocycles. The molecule has 1 aliphatic carbocycles. The lowest BCUT2D eigenvalue weighted by Crippen LogP contribution is -2.37. The maximum Gasteiger partial charge on any atom is 0.233 e. The Morgan fingerprint density at radius 2 is 2.11 bits per heavy atom. The van der Waals surface area contributed by atoms with Crippen LogP contribution in [0.4, 0.5) is 5.69 Å². The van der Waals surface area contributed by atoms with Crippen molar-refractivity contribution in [2.45, 2.75) is 55.7 Å². The number of carbonyl (C=O) groups is 1. The van der Waals surface area contributed by atoms with Crippen LogP contribution in [0.2, 0.25) is 0 Å². The van der Waals surface area contributed by atoms with Gasteiger partial charge in [-0.15, -0.1) is 11.8 Å². The van der Waals surface area contributed by atoms with Crippen molar-refractivity contribution >= 4 is 23.4 Å². The van der Waals surface area contributed by atoms with Crippen LogP contribution in [-0.2, 0) is 4.79 Å². The molecule has 0 saturated heterocycles. The van der Waals surface area contributed by atoms with Crippen molar-refractivity contribution in [1.29, 1.82) is 0 Å². The second-order valence-electron chi connectivity index (χ2n) is 5.22. The van der Waals surface area contributed by atoms with Crippen molar-refractivity contribution in [2.24, 2.45) is 0 Å². The van der Waals surface area contributed by atoms with Gasteiger partial charge in [-0.2, -0.15) is 0 Å². The molecule has 0 spiro atoms. The van der Waals surface area contributed by atoms with E-state index in [9.17, 15) is 4.79 Å². The Bertz CT molecular complexity index is 455. The van der Waals surface area contributed by atoms with E-state index in [2.05, 4.69) is 5.32 Å². The number of rotatable bonds is 4. The maximum absolute atomic E-state index is 12.1. The van der Waals surface area contributed by atoms with Crippen LogP contribution in [0.5, 0.6) is 0 Å². The summed E-state index contributed by atoms with van der Waals surface area (Å²) in [5, 5.41) is 3.06. The summed E-state index contributed by atoms with van der Waals surface area (Å²) in [6.45, 7) is 3.96. The molecule has 0 radical (unpaired) electrons. The van der Waals surface area contributed by atoms with Gasteiger partial charge in [0.2, 0.25) is 5.91 Å². The second-order valence-corrected chi connectivity index (χ2v) is 6.60. The third kappa shape index (κ3) is 3.66. The fourth-order valence-electron chi connectivity index (χ4n) is 2.39. The molecule has 0 bridgehead atoms. The fourth-order valence-corrected chi connectivity index (χ4v) is 3.40. The smallest absolute Gasteiger partial charge is 0.233 e. The molecule has 1 saturated carbocycles. The summed E-state index contributed by atoms with van der Waals surface area (Å²) in [6, 6.07) is 6.24. The Morgan fingerprint density at radius 3 is 2.79 bits per heavy atom. The predicted molar refractivity (Wildman–Crippen MR) is 81.3 cm³/mol. The number of nitrogen functional groups attached to an aromatic ring is 1. The largest absolute Gasteiger partial charge is 0.398 e. The molecule has 104 valence electrons. The molecule has 19 heavy (non-hydrogen) atoms. The van der Waals surface area contributed by atoms with Crippen molar-refractivity contribution in [3.63, 3.8) is 0 Å². The van der Waals surface area contributed by atoms with Gasteiger partial charge in [-0.05, 0) is 44.4 Å². The van der Waals surface area contributed by atoms with Gasteiger partial charge in [-0.3, -0.25) is 4.79 Å². The van der Waals surface area contributed by atoms with Gasteiger partial charge in [0, 0.05) is 16.6 Å². The Labute approximate surface area is 119 Å². The van der Waals surface area contributed by atoms with Gasteiger partial charge >= 0.3 is 0 Å². The van der Waals surface area contributed by atoms with E-state index in [-0.39, 0.29) is 11.2 Å². The Hall–Kier alpha value is -1.16. The van der Waals surface area contributed by atoms with E-state index in [1.54, 1.807) is 11.8 Å². The van der Waals surface area contributed by atoms with Crippen LogP contribution >= 0.6 is 11.8 Å². The van der Waals surface area contributed by atoms with E-state index in [4.69, 9.17) is 5.73 Å². The van der Waals surface area contributed by atoms with Crippen LogP contribution in [0.25, 0.3) is 0 Å². The summed E-state index contributed by atoms with van der Waals surface area (Å²) in [4.78, 5) is 13.2. The molecule has 0 heterocycles. The summed E-state index contributed by atoms with van der Waals surface area (Å²) in [5.74, 6) is 0.138. The van der Waals surface area contributed by atoms with Gasteiger partial charge < -0.3 is 11.1 Å². The molecular formula is C15H22N2OS. The topological polar surface area (TPSA) is 55.1 Å². The number of nitrogens with two attached hydrogens (primary N) is 1. The van der Waals surface area contributed by atoms with Crippen molar-refractivity contribution in [1.82, 2.24) is 5.32 Å². The third-order valence-corrected chi connectivity index (χ3v) is 4.96. The number of thioether (sulfide) groups is 1. The first-order chi connectivity index (χ1) is 9.08. The van der Waals surface area contributed by atoms with Crippen LogP contribution < -0.4 is 11.1 Å². The normalized spacial score (nSPS) is 17.4. The molecule has 1 fully saturated rings. The highest BCUT2D eigenvalue weighted by molar-refractivity contribution is 8.00. The average Bonchev–Trinajstić information content (AvgIpc) is 2.87. The van der Waals surface area contributed by atoms with E-state index in [0.29, 0.717) is 6.04 Å². The minimum absolute atomic E-state index is 0.0823. The maximum atomic E-state index is 12.1. The third-order valence-electron chi connectivity index (χ3n) is 3.70. The lowest BCUT2D eigenvalue weighted by molar-refractivity contribution is -0.120. The van der Waals surface area contributed by atoms with Crippen molar-refractivity contribution in [2.75, 3.05) is 5.73 Å².